The number of hydrogen-bond donors (Lipinski definition) is 1. The van der Waals surface area contributed by atoms with Crippen molar-refractivity contribution in [1.82, 2.24) is 15.1 Å². The van der Waals surface area contributed by atoms with E-state index in [-0.39, 0.29) is 36.3 Å². The SMILES string of the molecule is CN(C)CC(=O)NC1COC2(CCN(C(=O)CCc3cc(F)ccc3F)C2)C1. The molecule has 2 amide bonds. The second-order valence-corrected chi connectivity index (χ2v) is 8.00. The van der Waals surface area contributed by atoms with Gasteiger partial charge in [-0.15, -0.1) is 0 Å². The minimum absolute atomic E-state index is 0.0429. The maximum Gasteiger partial charge on any atom is 0.234 e. The average Bonchev–Trinajstić information content (AvgIpc) is 3.21. The zero-order chi connectivity index (χ0) is 20.3. The Balaban J connectivity index is 1.49. The minimum Gasteiger partial charge on any atom is -0.371 e. The van der Waals surface area contributed by atoms with Gasteiger partial charge in [0.05, 0.1) is 24.8 Å². The van der Waals surface area contributed by atoms with Gasteiger partial charge in [-0.25, -0.2) is 8.78 Å². The molecule has 1 spiro atoms. The summed E-state index contributed by atoms with van der Waals surface area (Å²) in [6, 6.07) is 3.23. The van der Waals surface area contributed by atoms with Crippen LogP contribution in [0.15, 0.2) is 18.2 Å². The predicted molar refractivity (Wildman–Crippen MR) is 99.7 cm³/mol. The molecule has 8 heteroatoms. The highest BCUT2D eigenvalue weighted by molar-refractivity contribution is 5.78. The molecule has 0 saturated carbocycles. The molecule has 2 heterocycles. The van der Waals surface area contributed by atoms with E-state index >= 15 is 0 Å². The first-order valence-corrected chi connectivity index (χ1v) is 9.56. The van der Waals surface area contributed by atoms with Crippen molar-refractivity contribution in [3.8, 4) is 0 Å². The highest BCUT2D eigenvalue weighted by Crippen LogP contribution is 2.35. The van der Waals surface area contributed by atoms with E-state index in [1.54, 1.807) is 9.80 Å². The Morgan fingerprint density at radius 3 is 2.89 bits per heavy atom. The average molecular weight is 395 g/mol. The summed E-state index contributed by atoms with van der Waals surface area (Å²) in [5.41, 5.74) is -0.210. The summed E-state index contributed by atoms with van der Waals surface area (Å²) in [4.78, 5) is 28.0. The fraction of sp³-hybridized carbons (Fsp3) is 0.600. The Bertz CT molecular complexity index is 743. The molecule has 28 heavy (non-hydrogen) atoms. The van der Waals surface area contributed by atoms with Crippen LogP contribution in [0.2, 0.25) is 0 Å². The molecule has 1 aromatic carbocycles. The molecule has 154 valence electrons. The van der Waals surface area contributed by atoms with E-state index in [4.69, 9.17) is 4.74 Å². The minimum atomic E-state index is -0.509. The van der Waals surface area contributed by atoms with E-state index in [1.807, 2.05) is 14.1 Å². The first-order valence-electron chi connectivity index (χ1n) is 9.56. The molecular weight excluding hydrogens is 368 g/mol. The molecule has 0 radical (unpaired) electrons. The predicted octanol–water partition coefficient (Wildman–Crippen LogP) is 1.34. The van der Waals surface area contributed by atoms with Gasteiger partial charge >= 0.3 is 0 Å². The molecule has 0 bridgehead atoms. The van der Waals surface area contributed by atoms with E-state index in [9.17, 15) is 18.4 Å². The number of carbonyl (C=O) groups is 2. The van der Waals surface area contributed by atoms with Crippen molar-refractivity contribution >= 4 is 11.8 Å². The number of benzene rings is 1. The zero-order valence-electron chi connectivity index (χ0n) is 16.3. The van der Waals surface area contributed by atoms with Crippen LogP contribution in [0.5, 0.6) is 0 Å². The summed E-state index contributed by atoms with van der Waals surface area (Å²) in [5, 5.41) is 2.98. The van der Waals surface area contributed by atoms with Crippen LogP contribution in [0.1, 0.15) is 24.8 Å². The number of aryl methyl sites for hydroxylation is 1. The van der Waals surface area contributed by atoms with Crippen molar-refractivity contribution in [3.05, 3.63) is 35.4 Å². The summed E-state index contributed by atoms with van der Waals surface area (Å²) >= 11 is 0. The highest BCUT2D eigenvalue weighted by Gasteiger charge is 2.46. The molecule has 0 aromatic heterocycles. The van der Waals surface area contributed by atoms with E-state index < -0.39 is 17.2 Å². The van der Waals surface area contributed by atoms with Crippen molar-refractivity contribution < 1.29 is 23.1 Å². The molecule has 1 aromatic rings. The molecule has 2 saturated heterocycles. The summed E-state index contributed by atoms with van der Waals surface area (Å²) < 4.78 is 32.9. The van der Waals surface area contributed by atoms with Crippen LogP contribution in [-0.2, 0) is 20.7 Å². The number of hydrogen-bond acceptors (Lipinski definition) is 4. The van der Waals surface area contributed by atoms with Crippen LogP contribution in [-0.4, -0.2) is 73.6 Å². The number of amides is 2. The van der Waals surface area contributed by atoms with Gasteiger partial charge in [0.15, 0.2) is 0 Å². The number of carbonyl (C=O) groups excluding carboxylic acids is 2. The maximum atomic E-state index is 13.7. The monoisotopic (exact) mass is 395 g/mol. The lowest BCUT2D eigenvalue weighted by molar-refractivity contribution is -0.131. The topological polar surface area (TPSA) is 61.9 Å². The third-order valence-corrected chi connectivity index (χ3v) is 5.32. The van der Waals surface area contributed by atoms with Gasteiger partial charge in [-0.1, -0.05) is 0 Å². The summed E-state index contributed by atoms with van der Waals surface area (Å²) in [5.74, 6) is -1.14. The molecule has 2 atom stereocenters. The summed E-state index contributed by atoms with van der Waals surface area (Å²) in [6.45, 7) is 1.81. The molecule has 6 nitrogen and oxygen atoms in total. The number of nitrogens with zero attached hydrogens (tertiary/aromatic N) is 2. The van der Waals surface area contributed by atoms with Crippen LogP contribution in [0, 0.1) is 11.6 Å². The second-order valence-electron chi connectivity index (χ2n) is 8.00. The van der Waals surface area contributed by atoms with Crippen LogP contribution >= 0.6 is 0 Å². The Labute approximate surface area is 163 Å². The number of likely N-dealkylation sites (N-methyl/N-ethyl adjacent to an activating group) is 1. The quantitative estimate of drug-likeness (QED) is 0.790. The van der Waals surface area contributed by atoms with Crippen molar-refractivity contribution in [2.75, 3.05) is 40.3 Å². The lowest BCUT2D eigenvalue weighted by Gasteiger charge is -2.23. The van der Waals surface area contributed by atoms with Gasteiger partial charge in [0.1, 0.15) is 11.6 Å². The molecule has 2 aliphatic heterocycles. The molecule has 2 aliphatic rings. The van der Waals surface area contributed by atoms with Crippen molar-refractivity contribution in [3.63, 3.8) is 0 Å². The molecule has 0 aliphatic carbocycles. The van der Waals surface area contributed by atoms with Gasteiger partial charge in [0, 0.05) is 25.9 Å². The van der Waals surface area contributed by atoms with E-state index in [0.717, 1.165) is 18.2 Å². The van der Waals surface area contributed by atoms with E-state index in [0.29, 0.717) is 39.1 Å². The van der Waals surface area contributed by atoms with Crippen LogP contribution < -0.4 is 5.32 Å². The van der Waals surface area contributed by atoms with Gasteiger partial charge in [-0.3, -0.25) is 9.59 Å². The van der Waals surface area contributed by atoms with Gasteiger partial charge in [0.25, 0.3) is 0 Å². The van der Waals surface area contributed by atoms with Gasteiger partial charge in [-0.05, 0) is 50.7 Å². The smallest absolute Gasteiger partial charge is 0.234 e. The second kappa shape index (κ2) is 8.53. The standard InChI is InChI=1S/C20H27F2N3O3/c1-24(2)11-18(26)23-16-10-20(28-12-16)7-8-25(13-20)19(27)6-3-14-9-15(21)4-5-17(14)22/h4-5,9,16H,3,6-8,10-13H2,1-2H3,(H,23,26). The Morgan fingerprint density at radius 2 is 2.14 bits per heavy atom. The Kier molecular flexibility index (Phi) is 6.30. The van der Waals surface area contributed by atoms with Gasteiger partial charge in [-0.2, -0.15) is 0 Å². The fourth-order valence-corrected chi connectivity index (χ4v) is 3.97. The van der Waals surface area contributed by atoms with Crippen LogP contribution in [0.3, 0.4) is 0 Å². The van der Waals surface area contributed by atoms with E-state index in [2.05, 4.69) is 5.32 Å². The Hall–Kier alpha value is -2.06. The molecule has 3 rings (SSSR count). The van der Waals surface area contributed by atoms with E-state index in [1.165, 1.54) is 0 Å². The first kappa shape index (κ1) is 20.7. The fourth-order valence-electron chi connectivity index (χ4n) is 3.97. The number of ether oxygens (including phenoxy) is 1. The van der Waals surface area contributed by atoms with Gasteiger partial charge in [0.2, 0.25) is 11.8 Å². The zero-order valence-corrected chi connectivity index (χ0v) is 16.3. The molecule has 1 N–H and O–H groups in total. The largest absolute Gasteiger partial charge is 0.371 e. The number of halogens is 2. The van der Waals surface area contributed by atoms with Crippen LogP contribution in [0.4, 0.5) is 8.78 Å². The Morgan fingerprint density at radius 1 is 1.36 bits per heavy atom. The summed E-state index contributed by atoms with van der Waals surface area (Å²) in [7, 11) is 3.67. The number of nitrogens with one attached hydrogen (secondary N) is 1. The molecule has 2 unspecified atom stereocenters. The van der Waals surface area contributed by atoms with Crippen molar-refractivity contribution in [2.45, 2.75) is 37.3 Å². The first-order chi connectivity index (χ1) is 13.3. The van der Waals surface area contributed by atoms with Crippen LogP contribution in [0.25, 0.3) is 0 Å². The lowest BCUT2D eigenvalue weighted by Crippen LogP contribution is -2.41. The number of rotatable bonds is 6. The highest BCUT2D eigenvalue weighted by atomic mass is 19.1. The maximum absolute atomic E-state index is 13.7. The normalized spacial score (nSPS) is 24.3. The third-order valence-electron chi connectivity index (χ3n) is 5.32. The van der Waals surface area contributed by atoms with Crippen molar-refractivity contribution in [1.29, 1.82) is 0 Å². The van der Waals surface area contributed by atoms with Gasteiger partial charge < -0.3 is 19.9 Å². The molecule has 2 fully saturated rings. The molecular formula is C20H27F2N3O3. The van der Waals surface area contributed by atoms with Crippen molar-refractivity contribution in [2.24, 2.45) is 0 Å². The summed E-state index contributed by atoms with van der Waals surface area (Å²) in [6.07, 6.45) is 1.68. The third kappa shape index (κ3) is 5.05. The number of likely N-dealkylation sites (tertiary alicyclic amines) is 1. The lowest BCUT2D eigenvalue weighted by atomic mass is 9.97.